The lowest BCUT2D eigenvalue weighted by atomic mass is 9.88. The minimum absolute atomic E-state index is 0.0546. The van der Waals surface area contributed by atoms with Gasteiger partial charge in [0.15, 0.2) is 0 Å². The van der Waals surface area contributed by atoms with Gasteiger partial charge in [0.25, 0.3) is 5.56 Å². The van der Waals surface area contributed by atoms with Gasteiger partial charge in [-0.1, -0.05) is 12.1 Å². The molecular formula is C41H42F5N5O5. The predicted molar refractivity (Wildman–Crippen MR) is 200 cm³/mol. The first kappa shape index (κ1) is 38.9. The number of nitrogens with one attached hydrogen (secondary N) is 2. The van der Waals surface area contributed by atoms with Crippen molar-refractivity contribution in [1.82, 2.24) is 14.8 Å². The number of likely N-dealkylation sites (tertiary alicyclic amines) is 1. The molecule has 2 N–H and O–H groups in total. The molecule has 0 saturated carbocycles. The van der Waals surface area contributed by atoms with Gasteiger partial charge in [-0.3, -0.25) is 29.4 Å². The average Bonchev–Trinajstić information content (AvgIpc) is 3.15. The van der Waals surface area contributed by atoms with E-state index in [1.54, 1.807) is 24.3 Å². The molecular weight excluding hydrogens is 737 g/mol. The van der Waals surface area contributed by atoms with Gasteiger partial charge in [-0.25, -0.2) is 8.78 Å². The lowest BCUT2D eigenvalue weighted by Gasteiger charge is -2.35. The summed E-state index contributed by atoms with van der Waals surface area (Å²) in [6.45, 7) is 2.52. The number of alkyl halides is 3. The van der Waals surface area contributed by atoms with Gasteiger partial charge in [0, 0.05) is 55.3 Å². The minimum atomic E-state index is -4.94. The van der Waals surface area contributed by atoms with E-state index in [9.17, 15) is 36.7 Å². The summed E-state index contributed by atoms with van der Waals surface area (Å²) in [5.41, 5.74) is 1.62. The number of aryl methyl sites for hydroxylation is 1. The molecule has 3 aromatic carbocycles. The number of rotatable bonds is 10. The first-order chi connectivity index (χ1) is 26.7. The van der Waals surface area contributed by atoms with E-state index < -0.39 is 29.9 Å². The van der Waals surface area contributed by atoms with Crippen LogP contribution in [0.1, 0.15) is 44.1 Å². The van der Waals surface area contributed by atoms with Crippen LogP contribution in [0.25, 0.3) is 21.9 Å². The normalized spacial score (nSPS) is 19.0. The molecule has 3 aliphatic heterocycles. The second kappa shape index (κ2) is 16.0. The molecule has 3 aliphatic rings. The van der Waals surface area contributed by atoms with Crippen LogP contribution in [0.5, 0.6) is 5.75 Å². The largest absolute Gasteiger partial charge is 0.573 e. The summed E-state index contributed by atoms with van der Waals surface area (Å²) in [6, 6.07) is 12.3. The fraction of sp³-hybridized carbons (Fsp3) is 0.415. The van der Waals surface area contributed by atoms with E-state index in [2.05, 4.69) is 20.3 Å². The van der Waals surface area contributed by atoms with Gasteiger partial charge < -0.3 is 19.5 Å². The van der Waals surface area contributed by atoms with Crippen LogP contribution >= 0.6 is 0 Å². The number of hydrogen-bond acceptors (Lipinski definition) is 8. The van der Waals surface area contributed by atoms with Crippen LogP contribution in [0.4, 0.5) is 33.3 Å². The fourth-order valence-electron chi connectivity index (χ4n) is 8.12. The molecule has 2 amide bonds. The highest BCUT2D eigenvalue weighted by molar-refractivity contribution is 6.01. The molecule has 0 spiro atoms. The van der Waals surface area contributed by atoms with Crippen LogP contribution in [-0.2, 0) is 27.9 Å². The first-order valence-electron chi connectivity index (χ1n) is 18.8. The Hall–Kier alpha value is -5.31. The van der Waals surface area contributed by atoms with Crippen LogP contribution in [0, 0.1) is 23.5 Å². The summed E-state index contributed by atoms with van der Waals surface area (Å²) in [4.78, 5) is 53.5. The van der Waals surface area contributed by atoms with Crippen molar-refractivity contribution in [3.8, 4) is 16.9 Å². The van der Waals surface area contributed by atoms with Gasteiger partial charge in [0.2, 0.25) is 11.8 Å². The number of amides is 2. The molecule has 1 atom stereocenters. The average molecular weight is 780 g/mol. The number of aromatic nitrogens is 1. The van der Waals surface area contributed by atoms with Gasteiger partial charge in [-0.2, -0.15) is 0 Å². The molecule has 4 aromatic rings. The maximum absolute atomic E-state index is 15.2. The number of nitrogens with zero attached hydrogens (tertiary/aromatic N) is 3. The number of pyridine rings is 1. The van der Waals surface area contributed by atoms with Gasteiger partial charge in [0.05, 0.1) is 12.2 Å². The van der Waals surface area contributed by atoms with Crippen LogP contribution in [-0.4, -0.2) is 72.2 Å². The quantitative estimate of drug-likeness (QED) is 0.142. The lowest BCUT2D eigenvalue weighted by molar-refractivity contribution is -0.274. The highest BCUT2D eigenvalue weighted by Crippen LogP contribution is 2.37. The third-order valence-corrected chi connectivity index (χ3v) is 11.2. The van der Waals surface area contributed by atoms with Crippen molar-refractivity contribution in [2.24, 2.45) is 18.9 Å². The molecule has 3 fully saturated rings. The van der Waals surface area contributed by atoms with Crippen molar-refractivity contribution in [3.05, 3.63) is 88.3 Å². The summed E-state index contributed by atoms with van der Waals surface area (Å²) in [7, 11) is 1.52. The van der Waals surface area contributed by atoms with Gasteiger partial charge in [-0.15, -0.1) is 13.2 Å². The number of ether oxygens (including phenoxy) is 1. The number of anilines is 2. The Morgan fingerprint density at radius 1 is 0.893 bits per heavy atom. The van der Waals surface area contributed by atoms with E-state index in [4.69, 9.17) is 0 Å². The Bertz CT molecular complexity index is 2210. The fourth-order valence-corrected chi connectivity index (χ4v) is 8.12. The summed E-state index contributed by atoms with van der Waals surface area (Å²) >= 11 is 0. The molecule has 0 radical (unpaired) electrons. The number of carbonyl (C=O) groups is 3. The zero-order valence-corrected chi connectivity index (χ0v) is 30.8. The number of hydrogen-bond donors (Lipinski definition) is 2. The Morgan fingerprint density at radius 2 is 1.64 bits per heavy atom. The maximum atomic E-state index is 15.2. The highest BCUT2D eigenvalue weighted by atomic mass is 19.4. The van der Waals surface area contributed by atoms with Crippen molar-refractivity contribution >= 4 is 39.7 Å². The molecule has 3 saturated heterocycles. The van der Waals surface area contributed by atoms with Crippen molar-refractivity contribution in [1.29, 1.82) is 0 Å². The van der Waals surface area contributed by atoms with E-state index in [-0.39, 0.29) is 58.6 Å². The van der Waals surface area contributed by atoms with Crippen molar-refractivity contribution in [2.45, 2.75) is 57.3 Å². The van der Waals surface area contributed by atoms with Crippen molar-refractivity contribution < 1.29 is 41.1 Å². The zero-order valence-electron chi connectivity index (χ0n) is 30.8. The van der Waals surface area contributed by atoms with Crippen LogP contribution in [0.15, 0.2) is 65.6 Å². The van der Waals surface area contributed by atoms with Gasteiger partial charge >= 0.3 is 6.36 Å². The molecule has 15 heteroatoms. The first-order valence-corrected chi connectivity index (χ1v) is 18.8. The van der Waals surface area contributed by atoms with Gasteiger partial charge in [0.1, 0.15) is 29.2 Å². The number of ketones is 1. The Morgan fingerprint density at radius 3 is 2.34 bits per heavy atom. The number of fused-ring (bicyclic) bond motifs is 1. The topological polar surface area (TPSA) is 113 Å². The molecule has 10 nitrogen and oxygen atoms in total. The van der Waals surface area contributed by atoms with Crippen LogP contribution in [0.2, 0.25) is 0 Å². The third kappa shape index (κ3) is 8.88. The molecule has 0 aliphatic carbocycles. The Balaban J connectivity index is 0.926. The van der Waals surface area contributed by atoms with Crippen LogP contribution in [0.3, 0.4) is 0 Å². The minimum Gasteiger partial charge on any atom is -0.405 e. The number of halogens is 5. The summed E-state index contributed by atoms with van der Waals surface area (Å²) in [6.07, 6.45) is -0.0893. The third-order valence-electron chi connectivity index (χ3n) is 11.2. The van der Waals surface area contributed by atoms with Crippen LogP contribution < -0.4 is 25.8 Å². The predicted octanol–water partition coefficient (Wildman–Crippen LogP) is 6.34. The molecule has 296 valence electrons. The number of carbonyl (C=O) groups excluding carboxylic acids is 3. The van der Waals surface area contributed by atoms with E-state index in [1.807, 2.05) is 4.90 Å². The second-order valence-electron chi connectivity index (χ2n) is 15.0. The zero-order chi connectivity index (χ0) is 39.7. The molecule has 4 heterocycles. The molecule has 0 bridgehead atoms. The Labute approximate surface area is 319 Å². The lowest BCUT2D eigenvalue weighted by Crippen LogP contribution is -2.47. The van der Waals surface area contributed by atoms with Gasteiger partial charge in [-0.05, 0) is 117 Å². The van der Waals surface area contributed by atoms with E-state index in [0.717, 1.165) is 0 Å². The second-order valence-corrected chi connectivity index (χ2v) is 15.0. The summed E-state index contributed by atoms with van der Waals surface area (Å²) in [5, 5.41) is 5.79. The smallest absolute Gasteiger partial charge is 0.405 e. The number of benzene rings is 3. The monoisotopic (exact) mass is 779 g/mol. The SMILES string of the molecule is Cn1cc(-c2ccc(CC3CCN(CC(=O)C4CCN(c5ccc(NC6CCC(=O)NC6=O)cc5F)CC4)CC3)c(OC(F)(F)F)c2)c2cc(F)ccc2c1=O. The molecule has 56 heavy (non-hydrogen) atoms. The van der Waals surface area contributed by atoms with Crippen molar-refractivity contribution in [2.75, 3.05) is 42.9 Å². The highest BCUT2D eigenvalue weighted by Gasteiger charge is 2.34. The Kier molecular flexibility index (Phi) is 11.2. The van der Waals surface area contributed by atoms with Crippen molar-refractivity contribution in [3.63, 3.8) is 0 Å². The molecule has 1 aromatic heterocycles. The standard InChI is InChI=1S/C41H42F5N5O5/c1-49-22-32(31-20-28(42)4-6-30(31)40(49)55)26-2-3-27(37(19-26)56-41(44,45)46)18-24-10-14-50(15-11-24)23-36(52)25-12-16-51(17-13-25)35-8-5-29(21-33(35)43)47-34-7-9-38(53)48-39(34)54/h2-6,8,19-22,24-25,34,47H,7,9-18,23H2,1H3,(H,48,53,54). The maximum Gasteiger partial charge on any atom is 0.573 e. The van der Waals surface area contributed by atoms with E-state index in [0.29, 0.717) is 92.8 Å². The number of piperidine rings is 3. The molecule has 1 unspecified atom stereocenters. The number of Topliss-reactive ketones (excluding diaryl/α,β-unsaturated/α-hetero) is 1. The van der Waals surface area contributed by atoms with E-state index in [1.165, 1.54) is 48.1 Å². The number of imide groups is 1. The van der Waals surface area contributed by atoms with E-state index >= 15 is 4.39 Å². The summed E-state index contributed by atoms with van der Waals surface area (Å²) in [5.74, 6) is -2.13. The summed E-state index contributed by atoms with van der Waals surface area (Å²) < 4.78 is 76.0. The molecule has 7 rings (SSSR count).